The number of rotatable bonds is 4. The number of hydrogen-bond donors (Lipinski definition) is 1. The summed E-state index contributed by atoms with van der Waals surface area (Å²) in [6.07, 6.45) is 12.5. The molecule has 0 spiro atoms. The lowest BCUT2D eigenvalue weighted by Crippen LogP contribution is -2.48. The fourth-order valence-corrected chi connectivity index (χ4v) is 5.98. The summed E-state index contributed by atoms with van der Waals surface area (Å²) in [5, 5.41) is 2.43. The van der Waals surface area contributed by atoms with Crippen LogP contribution in [0.25, 0.3) is 0 Å². The van der Waals surface area contributed by atoms with E-state index in [4.69, 9.17) is 9.47 Å². The number of carbonyl (C=O) groups is 3. The molecule has 0 unspecified atom stereocenters. The highest BCUT2D eigenvalue weighted by Gasteiger charge is 2.51. The minimum Gasteiger partial charge on any atom is -0.448 e. The van der Waals surface area contributed by atoms with Crippen LogP contribution in [-0.4, -0.2) is 46.6 Å². The maximum absolute atomic E-state index is 12.5. The van der Waals surface area contributed by atoms with Crippen molar-refractivity contribution in [2.75, 3.05) is 13.2 Å². The van der Waals surface area contributed by atoms with Gasteiger partial charge in [0.1, 0.15) is 12.1 Å². The van der Waals surface area contributed by atoms with Crippen molar-refractivity contribution in [3.8, 4) is 0 Å². The van der Waals surface area contributed by atoms with Crippen molar-refractivity contribution in [1.82, 2.24) is 15.1 Å². The molecule has 8 nitrogen and oxygen atoms in total. The minimum atomic E-state index is -0.652. The van der Waals surface area contributed by atoms with Gasteiger partial charge < -0.3 is 14.8 Å². The first-order valence-electron chi connectivity index (χ1n) is 11.2. The lowest BCUT2D eigenvalue weighted by atomic mass is 9.50. The highest BCUT2D eigenvalue weighted by molar-refractivity contribution is 5.84. The second-order valence-electron chi connectivity index (χ2n) is 10.6. The largest absolute Gasteiger partial charge is 0.448 e. The van der Waals surface area contributed by atoms with Gasteiger partial charge in [-0.05, 0) is 77.0 Å². The van der Waals surface area contributed by atoms with Crippen LogP contribution in [0, 0.1) is 23.2 Å². The van der Waals surface area contributed by atoms with Crippen LogP contribution in [0.1, 0.15) is 59.3 Å². The molecule has 0 saturated heterocycles. The van der Waals surface area contributed by atoms with Gasteiger partial charge in [-0.15, -0.1) is 0 Å². The van der Waals surface area contributed by atoms with E-state index < -0.39 is 17.8 Å². The van der Waals surface area contributed by atoms with Crippen LogP contribution in [0.4, 0.5) is 9.59 Å². The number of carbonyl (C=O) groups excluding carboxylic acids is 3. The Bertz CT molecular complexity index is 748. The zero-order valence-electron chi connectivity index (χ0n) is 18.6. The summed E-state index contributed by atoms with van der Waals surface area (Å²) in [5.41, 5.74) is -0.460. The molecule has 0 aromatic rings. The number of ether oxygens (including phenoxy) is 2. The number of nitrogens with zero attached hydrogens (tertiary/aromatic N) is 2. The normalized spacial score (nSPS) is 31.0. The first kappa shape index (κ1) is 21.7. The standard InChI is InChI=1S/C23H33N3O5/c1-22(2,3)31-20(28)24-14-19(27)25-4-6-26(7-5-25)21(29)30-15-23-11-16-8-17(12-23)10-18(9-16)13-23/h4-7,16-18H,8-15H2,1-3H3,(H,24,28). The van der Waals surface area contributed by atoms with E-state index in [9.17, 15) is 14.4 Å². The van der Waals surface area contributed by atoms with Crippen molar-refractivity contribution < 1.29 is 23.9 Å². The van der Waals surface area contributed by atoms with Gasteiger partial charge >= 0.3 is 12.2 Å². The molecule has 4 saturated carbocycles. The van der Waals surface area contributed by atoms with Gasteiger partial charge in [0.2, 0.25) is 5.91 Å². The summed E-state index contributed by atoms with van der Waals surface area (Å²) >= 11 is 0. The lowest BCUT2D eigenvalue weighted by Gasteiger charge is -2.56. The van der Waals surface area contributed by atoms with E-state index in [1.807, 2.05) is 0 Å². The van der Waals surface area contributed by atoms with Gasteiger partial charge in [0.05, 0.1) is 6.61 Å². The molecule has 1 aliphatic heterocycles. The Morgan fingerprint density at radius 3 is 1.97 bits per heavy atom. The van der Waals surface area contributed by atoms with E-state index in [0.717, 1.165) is 17.8 Å². The van der Waals surface area contributed by atoms with Gasteiger partial charge in [-0.1, -0.05) is 0 Å². The molecule has 1 heterocycles. The van der Waals surface area contributed by atoms with Gasteiger partial charge in [-0.25, -0.2) is 9.59 Å². The Kier molecular flexibility index (Phi) is 5.75. The molecular formula is C23H33N3O5. The summed E-state index contributed by atoms with van der Waals surface area (Å²) in [4.78, 5) is 39.1. The van der Waals surface area contributed by atoms with Crippen LogP contribution in [0.5, 0.6) is 0 Å². The van der Waals surface area contributed by atoms with Gasteiger partial charge in [0.25, 0.3) is 0 Å². The van der Waals surface area contributed by atoms with E-state index in [0.29, 0.717) is 6.61 Å². The smallest absolute Gasteiger partial charge is 0.418 e. The third kappa shape index (κ3) is 5.22. The van der Waals surface area contributed by atoms with E-state index in [1.54, 1.807) is 20.8 Å². The summed E-state index contributed by atoms with van der Waals surface area (Å²) in [7, 11) is 0. The molecule has 0 radical (unpaired) electrons. The monoisotopic (exact) mass is 431 g/mol. The first-order valence-corrected chi connectivity index (χ1v) is 11.2. The van der Waals surface area contributed by atoms with Gasteiger partial charge in [-0.3, -0.25) is 14.6 Å². The molecular weight excluding hydrogens is 398 g/mol. The second-order valence-corrected chi connectivity index (χ2v) is 10.6. The van der Waals surface area contributed by atoms with Crippen LogP contribution < -0.4 is 5.32 Å². The predicted octanol–water partition coefficient (Wildman–Crippen LogP) is 3.95. The highest BCUT2D eigenvalue weighted by Crippen LogP contribution is 2.60. The maximum atomic E-state index is 12.5. The summed E-state index contributed by atoms with van der Waals surface area (Å²) in [6, 6.07) is 0. The van der Waals surface area contributed by atoms with E-state index in [-0.39, 0.29) is 17.9 Å². The Morgan fingerprint density at radius 1 is 0.935 bits per heavy atom. The number of amides is 3. The van der Waals surface area contributed by atoms with Crippen LogP contribution >= 0.6 is 0 Å². The van der Waals surface area contributed by atoms with Crippen molar-refractivity contribution in [1.29, 1.82) is 0 Å². The molecule has 4 aliphatic carbocycles. The molecule has 1 N–H and O–H groups in total. The highest BCUT2D eigenvalue weighted by atomic mass is 16.6. The molecule has 31 heavy (non-hydrogen) atoms. The molecule has 0 aromatic heterocycles. The Balaban J connectivity index is 1.22. The minimum absolute atomic E-state index is 0.170. The van der Waals surface area contributed by atoms with Crippen molar-refractivity contribution in [3.63, 3.8) is 0 Å². The van der Waals surface area contributed by atoms with Crippen LogP contribution in [0.2, 0.25) is 0 Å². The molecule has 5 aliphatic rings. The molecule has 0 aromatic carbocycles. The fraction of sp³-hybridized carbons (Fsp3) is 0.696. The summed E-state index contributed by atoms with van der Waals surface area (Å²) in [6.45, 7) is 5.53. The molecule has 8 heteroatoms. The maximum Gasteiger partial charge on any atom is 0.418 e. The van der Waals surface area contributed by atoms with E-state index in [1.165, 1.54) is 73.1 Å². The number of alkyl carbamates (subject to hydrolysis) is 1. The fourth-order valence-electron chi connectivity index (χ4n) is 5.98. The zero-order valence-corrected chi connectivity index (χ0v) is 18.6. The average molecular weight is 432 g/mol. The average Bonchev–Trinajstić information content (AvgIpc) is 2.68. The number of hydrogen-bond acceptors (Lipinski definition) is 5. The number of nitrogens with one attached hydrogen (secondary N) is 1. The Hall–Kier alpha value is -2.51. The molecule has 0 atom stereocenters. The predicted molar refractivity (Wildman–Crippen MR) is 113 cm³/mol. The second kappa shape index (κ2) is 8.20. The van der Waals surface area contributed by atoms with Crippen molar-refractivity contribution in [2.24, 2.45) is 23.2 Å². The van der Waals surface area contributed by atoms with Crippen molar-refractivity contribution in [2.45, 2.75) is 64.9 Å². The first-order chi connectivity index (χ1) is 14.6. The molecule has 4 fully saturated rings. The molecule has 5 rings (SSSR count). The van der Waals surface area contributed by atoms with Gasteiger partial charge in [0, 0.05) is 30.2 Å². The van der Waals surface area contributed by atoms with Gasteiger partial charge in [-0.2, -0.15) is 0 Å². The topological polar surface area (TPSA) is 88.2 Å². The molecule has 170 valence electrons. The van der Waals surface area contributed by atoms with Crippen LogP contribution in [0.3, 0.4) is 0 Å². The van der Waals surface area contributed by atoms with E-state index >= 15 is 0 Å². The van der Waals surface area contributed by atoms with Crippen LogP contribution in [-0.2, 0) is 14.3 Å². The Morgan fingerprint density at radius 2 is 1.45 bits per heavy atom. The SMILES string of the molecule is CC(C)(C)OC(=O)NCC(=O)N1C=CN(C(=O)OCC23CC4CC(CC(C4)C2)C3)C=C1. The third-order valence-corrected chi connectivity index (χ3v) is 6.72. The Labute approximate surface area is 183 Å². The van der Waals surface area contributed by atoms with Crippen LogP contribution in [0.15, 0.2) is 24.8 Å². The van der Waals surface area contributed by atoms with Crippen molar-refractivity contribution in [3.05, 3.63) is 24.8 Å². The molecule has 3 amide bonds. The van der Waals surface area contributed by atoms with Crippen molar-refractivity contribution >= 4 is 18.1 Å². The summed E-state index contributed by atoms with van der Waals surface area (Å²) < 4.78 is 10.8. The van der Waals surface area contributed by atoms with E-state index in [2.05, 4.69) is 5.32 Å². The third-order valence-electron chi connectivity index (χ3n) is 6.72. The lowest BCUT2D eigenvalue weighted by molar-refractivity contribution is -0.125. The summed E-state index contributed by atoms with van der Waals surface area (Å²) in [5.74, 6) is 2.09. The quantitative estimate of drug-likeness (QED) is 0.728. The molecule has 4 bridgehead atoms. The zero-order chi connectivity index (χ0) is 22.2. The van der Waals surface area contributed by atoms with Gasteiger partial charge in [0.15, 0.2) is 0 Å².